The Balaban J connectivity index is 1.24. The van der Waals surface area contributed by atoms with E-state index in [2.05, 4.69) is 215 Å². The minimum atomic E-state index is -4.77. The number of aryl methyl sites for hydroxylation is 8. The van der Waals surface area contributed by atoms with Crippen LogP contribution in [-0.4, -0.2) is 9.13 Å². The molecule has 0 saturated heterocycles. The zero-order valence-electron chi connectivity index (χ0n) is 44.7. The van der Waals surface area contributed by atoms with Gasteiger partial charge in [0.25, 0.3) is 0 Å². The summed E-state index contributed by atoms with van der Waals surface area (Å²) < 4.78 is 49.8. The molecule has 0 amide bonds. The van der Waals surface area contributed by atoms with E-state index in [1.54, 1.807) is 0 Å². The number of nitriles is 1. The Kier molecular flexibility index (Phi) is 11.8. The van der Waals surface area contributed by atoms with Gasteiger partial charge in [-0.1, -0.05) is 144 Å². The first-order chi connectivity index (χ1) is 37.5. The summed E-state index contributed by atoms with van der Waals surface area (Å²) in [4.78, 5) is 4.36. The predicted molar refractivity (Wildman–Crippen MR) is 316 cm³/mol. The number of nitrogens with zero attached hydrogens (tertiary/aromatic N) is 4. The molecule has 78 heavy (non-hydrogen) atoms. The molecular weight excluding hydrogens is 966 g/mol. The molecule has 0 N–H and O–H groups in total. The van der Waals surface area contributed by atoms with Crippen LogP contribution in [0.4, 0.5) is 18.9 Å². The van der Waals surface area contributed by atoms with Crippen molar-refractivity contribution in [2.75, 3.05) is 0 Å². The fourth-order valence-electron chi connectivity index (χ4n) is 12.0. The van der Waals surface area contributed by atoms with Crippen LogP contribution in [-0.2, 0) is 6.18 Å². The lowest BCUT2D eigenvalue weighted by atomic mass is 9.96. The van der Waals surface area contributed by atoms with Crippen molar-refractivity contribution in [3.05, 3.63) is 243 Å². The number of hydrogen-bond donors (Lipinski definition) is 0. The highest BCUT2D eigenvalue weighted by Crippen LogP contribution is 2.47. The van der Waals surface area contributed by atoms with Gasteiger partial charge in [-0.2, -0.15) is 18.4 Å². The van der Waals surface area contributed by atoms with E-state index in [4.69, 9.17) is 6.57 Å². The number of aromatic nitrogens is 2. The number of benzene rings is 10. The largest absolute Gasteiger partial charge is 0.416 e. The first kappa shape index (κ1) is 49.4. The zero-order chi connectivity index (χ0) is 54.5. The van der Waals surface area contributed by atoms with Crippen molar-refractivity contribution in [3.8, 4) is 73.1 Å². The van der Waals surface area contributed by atoms with E-state index in [0.717, 1.165) is 145 Å². The van der Waals surface area contributed by atoms with Gasteiger partial charge in [0.2, 0.25) is 5.69 Å². The second-order valence-electron chi connectivity index (χ2n) is 21.3. The van der Waals surface area contributed by atoms with E-state index < -0.39 is 11.7 Å². The van der Waals surface area contributed by atoms with Gasteiger partial charge in [-0.3, -0.25) is 0 Å². The van der Waals surface area contributed by atoms with E-state index in [-0.39, 0.29) is 11.1 Å². The van der Waals surface area contributed by atoms with Crippen molar-refractivity contribution in [2.45, 2.75) is 61.6 Å². The predicted octanol–water partition coefficient (Wildman–Crippen LogP) is 20.1. The smallest absolute Gasteiger partial charge is 0.319 e. The number of fused-ring (bicyclic) bond motifs is 6. The third kappa shape index (κ3) is 8.40. The van der Waals surface area contributed by atoms with Crippen LogP contribution >= 0.6 is 0 Å². The fourth-order valence-corrected chi connectivity index (χ4v) is 12.0. The Morgan fingerprint density at radius 2 is 0.744 bits per heavy atom. The summed E-state index contributed by atoms with van der Waals surface area (Å²) in [5.74, 6) is 0. The van der Waals surface area contributed by atoms with Crippen LogP contribution in [0, 0.1) is 73.3 Å². The standard InChI is InChI=1S/C71H53F3N4/c1-40-10-18-55(44(5)26-40)49-14-22-59-60-23-15-50(56-19-11-41(2)27-45(56)6)34-66(60)77(65(59)33-49)69-38-64(76-9)70(37-63(69)53-30-48(39-75)31-54(32-53)71(72,73)74)78-67-35-51(57-20-12-42(3)28-46(57)7)16-24-61(67)62-25-17-52(36-68(62)78)58-21-13-43(4)29-47(58)8/h10-38H,1-8H3. The molecular formula is C71H53F3N4. The lowest BCUT2D eigenvalue weighted by Crippen LogP contribution is -2.06. The second kappa shape index (κ2) is 18.7. The van der Waals surface area contributed by atoms with Crippen molar-refractivity contribution in [1.82, 2.24) is 9.13 Å². The Labute approximate surface area is 452 Å². The van der Waals surface area contributed by atoms with Crippen LogP contribution in [0.1, 0.15) is 55.6 Å². The fraction of sp³-hybridized carbons (Fsp3) is 0.127. The highest BCUT2D eigenvalue weighted by Gasteiger charge is 2.32. The van der Waals surface area contributed by atoms with Crippen LogP contribution in [0.25, 0.3) is 115 Å². The summed E-state index contributed by atoms with van der Waals surface area (Å²) in [5, 5.41) is 14.2. The zero-order valence-corrected chi connectivity index (χ0v) is 44.7. The lowest BCUT2D eigenvalue weighted by Gasteiger charge is -2.21. The highest BCUT2D eigenvalue weighted by atomic mass is 19.4. The molecule has 0 unspecified atom stereocenters. The molecule has 0 saturated carbocycles. The van der Waals surface area contributed by atoms with Crippen LogP contribution in [0.5, 0.6) is 0 Å². The third-order valence-electron chi connectivity index (χ3n) is 15.7. The van der Waals surface area contributed by atoms with Gasteiger partial charge in [0.1, 0.15) is 0 Å². The molecule has 0 aliphatic rings. The first-order valence-electron chi connectivity index (χ1n) is 26.1. The van der Waals surface area contributed by atoms with E-state index in [1.165, 1.54) is 6.07 Å². The van der Waals surface area contributed by atoms with Gasteiger partial charge in [0.15, 0.2) is 0 Å². The van der Waals surface area contributed by atoms with Crippen molar-refractivity contribution >= 4 is 49.3 Å². The van der Waals surface area contributed by atoms with Crippen LogP contribution in [0.15, 0.2) is 176 Å². The monoisotopic (exact) mass is 1020 g/mol. The average molecular weight is 1020 g/mol. The van der Waals surface area contributed by atoms with E-state index >= 15 is 13.2 Å². The normalized spacial score (nSPS) is 11.8. The quantitative estimate of drug-likeness (QED) is 0.147. The molecule has 0 radical (unpaired) electrons. The average Bonchev–Trinajstić information content (AvgIpc) is 4.15. The number of rotatable bonds is 7. The number of hydrogen-bond acceptors (Lipinski definition) is 1. The maximum Gasteiger partial charge on any atom is 0.416 e. The topological polar surface area (TPSA) is 38.0 Å². The van der Waals surface area contributed by atoms with Gasteiger partial charge >= 0.3 is 6.18 Å². The van der Waals surface area contributed by atoms with Gasteiger partial charge in [-0.15, -0.1) is 0 Å². The molecule has 2 aromatic heterocycles. The van der Waals surface area contributed by atoms with Crippen molar-refractivity contribution in [2.24, 2.45) is 0 Å². The Bertz CT molecular complexity index is 4390. The van der Waals surface area contributed by atoms with Crippen LogP contribution in [0.2, 0.25) is 0 Å². The first-order valence-corrected chi connectivity index (χ1v) is 26.1. The van der Waals surface area contributed by atoms with Gasteiger partial charge in [-0.05, 0) is 182 Å². The summed E-state index contributed by atoms with van der Waals surface area (Å²) in [7, 11) is 0. The molecule has 0 bridgehead atoms. The summed E-state index contributed by atoms with van der Waals surface area (Å²) in [6.07, 6.45) is -4.77. The molecule has 12 rings (SSSR count). The molecule has 0 atom stereocenters. The summed E-state index contributed by atoms with van der Waals surface area (Å²) in [6, 6.07) is 60.6. The summed E-state index contributed by atoms with van der Waals surface area (Å²) in [5.41, 5.74) is 21.3. The minimum absolute atomic E-state index is 0.133. The van der Waals surface area contributed by atoms with Gasteiger partial charge in [0, 0.05) is 32.8 Å². The lowest BCUT2D eigenvalue weighted by molar-refractivity contribution is -0.137. The van der Waals surface area contributed by atoms with Crippen molar-refractivity contribution in [3.63, 3.8) is 0 Å². The van der Waals surface area contributed by atoms with Crippen molar-refractivity contribution < 1.29 is 13.2 Å². The molecule has 10 aromatic carbocycles. The third-order valence-corrected chi connectivity index (χ3v) is 15.7. The molecule has 0 aliphatic heterocycles. The van der Waals surface area contributed by atoms with E-state index in [0.29, 0.717) is 22.6 Å². The van der Waals surface area contributed by atoms with E-state index in [1.807, 2.05) is 18.2 Å². The molecule has 0 fully saturated rings. The summed E-state index contributed by atoms with van der Waals surface area (Å²) in [6.45, 7) is 25.9. The molecule has 2 heterocycles. The van der Waals surface area contributed by atoms with Gasteiger partial charge in [0.05, 0.1) is 51.5 Å². The summed E-state index contributed by atoms with van der Waals surface area (Å²) >= 11 is 0. The van der Waals surface area contributed by atoms with Gasteiger partial charge in [-0.25, -0.2) is 4.85 Å². The Morgan fingerprint density at radius 3 is 1.06 bits per heavy atom. The maximum atomic E-state index is 15.2. The molecule has 0 aliphatic carbocycles. The van der Waals surface area contributed by atoms with Crippen molar-refractivity contribution in [1.29, 1.82) is 5.26 Å². The second-order valence-corrected chi connectivity index (χ2v) is 21.3. The Morgan fingerprint density at radius 1 is 0.385 bits per heavy atom. The number of alkyl halides is 3. The molecule has 7 heteroatoms. The molecule has 12 aromatic rings. The minimum Gasteiger partial charge on any atom is -0.319 e. The highest BCUT2D eigenvalue weighted by molar-refractivity contribution is 6.14. The van der Waals surface area contributed by atoms with Crippen LogP contribution in [0.3, 0.4) is 0 Å². The Hall–Kier alpha value is -9.43. The van der Waals surface area contributed by atoms with E-state index in [9.17, 15) is 5.26 Å². The SMILES string of the molecule is [C-]#[N+]c1cc(-n2c3cc(-c4ccc(C)cc4C)ccc3c3ccc(-c4ccc(C)cc4C)cc32)c(-c2cc(C#N)cc(C(F)(F)F)c2)cc1-n1c2cc(-c3ccc(C)cc3C)ccc2c2ccc(-c3ccc(C)cc3C)cc21. The number of halogens is 3. The molecule has 4 nitrogen and oxygen atoms in total. The molecule has 0 spiro atoms. The molecule has 378 valence electrons. The van der Waals surface area contributed by atoms with Gasteiger partial charge < -0.3 is 9.13 Å². The maximum absolute atomic E-state index is 15.2. The van der Waals surface area contributed by atoms with Crippen LogP contribution < -0.4 is 0 Å².